The minimum Gasteiger partial charge on any atom is -0.321 e. The van der Waals surface area contributed by atoms with Gasteiger partial charge in [0, 0.05) is 11.1 Å². The van der Waals surface area contributed by atoms with Crippen LogP contribution in [0.5, 0.6) is 0 Å². The molecule has 0 bridgehead atoms. The van der Waals surface area contributed by atoms with E-state index in [0.717, 1.165) is 23.1 Å². The molecule has 0 spiro atoms. The van der Waals surface area contributed by atoms with Crippen LogP contribution in [0.25, 0.3) is 0 Å². The molecule has 1 heterocycles. The molecule has 0 atom stereocenters. The second-order valence-corrected chi connectivity index (χ2v) is 9.43. The maximum atomic E-state index is 13.9. The summed E-state index contributed by atoms with van der Waals surface area (Å²) in [5.74, 6) is -4.06. The highest BCUT2D eigenvalue weighted by molar-refractivity contribution is 9.10. The van der Waals surface area contributed by atoms with E-state index in [4.69, 9.17) is 16.9 Å². The number of benzene rings is 3. The van der Waals surface area contributed by atoms with Crippen molar-refractivity contribution in [3.63, 3.8) is 0 Å². The maximum Gasteiger partial charge on any atom is 0.416 e. The summed E-state index contributed by atoms with van der Waals surface area (Å²) in [6, 6.07) is 6.64. The highest BCUT2D eigenvalue weighted by Crippen LogP contribution is 2.41. The van der Waals surface area contributed by atoms with Gasteiger partial charge in [-0.15, -0.1) is 0 Å². The van der Waals surface area contributed by atoms with Crippen molar-refractivity contribution in [3.05, 3.63) is 91.4 Å². The van der Waals surface area contributed by atoms with E-state index in [1.807, 2.05) is 6.07 Å². The molecule has 0 saturated heterocycles. The van der Waals surface area contributed by atoms with Gasteiger partial charge in [0.25, 0.3) is 5.91 Å². The van der Waals surface area contributed by atoms with Crippen LogP contribution in [0.3, 0.4) is 0 Å². The second kappa shape index (κ2) is 10.6. The molecule has 3 aromatic carbocycles. The second-order valence-electron chi connectivity index (χ2n) is 8.23. The number of carbonyl (C=O) groups excluding carboxylic acids is 3. The molecule has 0 saturated carbocycles. The van der Waals surface area contributed by atoms with Crippen LogP contribution >= 0.6 is 27.5 Å². The molecule has 7 nitrogen and oxygen atoms in total. The van der Waals surface area contributed by atoms with E-state index in [1.54, 1.807) is 0 Å². The molecule has 0 radical (unpaired) electrons. The van der Waals surface area contributed by atoms with Gasteiger partial charge >= 0.3 is 12.2 Å². The monoisotopic (exact) mass is 626 g/mol. The van der Waals surface area contributed by atoms with Crippen molar-refractivity contribution < 1.29 is 36.3 Å². The van der Waals surface area contributed by atoms with Crippen LogP contribution in [-0.4, -0.2) is 29.2 Å². The Bertz CT molecular complexity index is 1590. The van der Waals surface area contributed by atoms with Gasteiger partial charge in [0.15, 0.2) is 5.78 Å². The molecule has 2 N–H and O–H groups in total. The van der Waals surface area contributed by atoms with Crippen molar-refractivity contribution in [1.82, 2.24) is 4.90 Å². The zero-order chi connectivity index (χ0) is 28.6. The number of rotatable bonds is 5. The number of nitriles is 1. The molecule has 0 aliphatic carbocycles. The van der Waals surface area contributed by atoms with Crippen LogP contribution in [0.1, 0.15) is 37.4 Å². The number of hydrogen-bond donors (Lipinski definition) is 2. The molecule has 0 aromatic heterocycles. The number of urea groups is 1. The smallest absolute Gasteiger partial charge is 0.321 e. The Morgan fingerprint density at radius 2 is 1.85 bits per heavy atom. The molecule has 200 valence electrons. The molecule has 3 amide bonds. The van der Waals surface area contributed by atoms with Gasteiger partial charge in [-0.2, -0.15) is 18.4 Å². The first-order valence-corrected chi connectivity index (χ1v) is 11.9. The molecule has 39 heavy (non-hydrogen) atoms. The lowest BCUT2D eigenvalue weighted by molar-refractivity contribution is -0.137. The number of anilines is 2. The van der Waals surface area contributed by atoms with Crippen LogP contribution in [0.4, 0.5) is 38.1 Å². The Balaban J connectivity index is 1.86. The molecule has 0 unspecified atom stereocenters. The summed E-state index contributed by atoms with van der Waals surface area (Å²) in [7, 11) is 0. The molecule has 3 aromatic rings. The zero-order valence-electron chi connectivity index (χ0n) is 19.2. The number of carbonyl (C=O) groups is 3. The molecule has 4 rings (SSSR count). The average molecular weight is 628 g/mol. The molecule has 0 fully saturated rings. The van der Waals surface area contributed by atoms with E-state index >= 15 is 0 Å². The highest BCUT2D eigenvalue weighted by Gasteiger charge is 2.33. The van der Waals surface area contributed by atoms with Gasteiger partial charge in [-0.1, -0.05) is 11.6 Å². The lowest BCUT2D eigenvalue weighted by Gasteiger charge is -2.30. The molecule has 1 aliphatic rings. The minimum atomic E-state index is -4.94. The summed E-state index contributed by atoms with van der Waals surface area (Å²) in [5.41, 5.74) is -2.34. The Morgan fingerprint density at radius 3 is 2.49 bits per heavy atom. The number of ketones is 1. The number of nitrogens with one attached hydrogen (secondary N) is 2. The minimum absolute atomic E-state index is 0.0270. The maximum absolute atomic E-state index is 13.9. The SMILES string of the molecule is N#CCN1Cc2cc(NC(=O)c3cc(F)cc(C(F)(F)F)c3)c(C(=O)c3ccc(F)cc3Cl)c(Br)c2NC1=O. The van der Waals surface area contributed by atoms with E-state index in [0.29, 0.717) is 17.7 Å². The Kier molecular flexibility index (Phi) is 7.63. The molecular formula is C25H13BrClF5N4O3. The van der Waals surface area contributed by atoms with Crippen molar-refractivity contribution in [3.8, 4) is 6.07 Å². The predicted molar refractivity (Wildman–Crippen MR) is 133 cm³/mol. The lowest BCUT2D eigenvalue weighted by atomic mass is 9.97. The van der Waals surface area contributed by atoms with Crippen LogP contribution in [-0.2, 0) is 12.7 Å². The number of halogens is 7. The number of nitrogens with zero attached hydrogens (tertiary/aromatic N) is 2. The summed E-state index contributed by atoms with van der Waals surface area (Å²) in [6.45, 7) is -0.417. The molecule has 14 heteroatoms. The highest BCUT2D eigenvalue weighted by atomic mass is 79.9. The third-order valence-corrected chi connectivity index (χ3v) is 6.73. The average Bonchev–Trinajstić information content (AvgIpc) is 2.84. The van der Waals surface area contributed by atoms with Crippen LogP contribution in [0, 0.1) is 23.0 Å². The Hall–Kier alpha value is -4.02. The van der Waals surface area contributed by atoms with E-state index < -0.39 is 46.7 Å². The lowest BCUT2D eigenvalue weighted by Crippen LogP contribution is -2.39. The normalized spacial score (nSPS) is 12.9. The van der Waals surface area contributed by atoms with E-state index in [-0.39, 0.29) is 51.2 Å². The summed E-state index contributed by atoms with van der Waals surface area (Å²) < 4.78 is 67.1. The Morgan fingerprint density at radius 1 is 1.13 bits per heavy atom. The van der Waals surface area contributed by atoms with Gasteiger partial charge in [-0.25, -0.2) is 13.6 Å². The zero-order valence-corrected chi connectivity index (χ0v) is 21.6. The van der Waals surface area contributed by atoms with Gasteiger partial charge in [0.2, 0.25) is 0 Å². The number of amides is 3. The first-order valence-electron chi connectivity index (χ1n) is 10.8. The van der Waals surface area contributed by atoms with Gasteiger partial charge in [-0.05, 0) is 64.0 Å². The van der Waals surface area contributed by atoms with Gasteiger partial charge in [0.05, 0.1) is 44.6 Å². The predicted octanol–water partition coefficient (Wildman–Crippen LogP) is 6.75. The van der Waals surface area contributed by atoms with Crippen LogP contribution in [0.2, 0.25) is 5.02 Å². The number of alkyl halides is 3. The quantitative estimate of drug-likeness (QED) is 0.186. The fourth-order valence-electron chi connectivity index (χ4n) is 3.85. The van der Waals surface area contributed by atoms with Crippen LogP contribution in [0.15, 0.2) is 46.9 Å². The molecule has 1 aliphatic heterocycles. The summed E-state index contributed by atoms with van der Waals surface area (Å²) in [6.07, 6.45) is -4.94. The molecular weight excluding hydrogens is 615 g/mol. The third-order valence-electron chi connectivity index (χ3n) is 5.63. The number of hydrogen-bond acceptors (Lipinski definition) is 4. The van der Waals surface area contributed by atoms with Crippen molar-refractivity contribution in [2.24, 2.45) is 0 Å². The first-order chi connectivity index (χ1) is 18.3. The fraction of sp³-hybridized carbons (Fsp3) is 0.120. The first kappa shape index (κ1) is 28.0. The van der Waals surface area contributed by atoms with E-state index in [2.05, 4.69) is 26.6 Å². The third kappa shape index (κ3) is 5.71. The fourth-order valence-corrected chi connectivity index (χ4v) is 4.85. The largest absolute Gasteiger partial charge is 0.416 e. The van der Waals surface area contributed by atoms with Gasteiger partial charge < -0.3 is 15.5 Å². The van der Waals surface area contributed by atoms with E-state index in [9.17, 15) is 36.3 Å². The van der Waals surface area contributed by atoms with Crippen molar-refractivity contribution in [1.29, 1.82) is 5.26 Å². The number of fused-ring (bicyclic) bond motifs is 1. The summed E-state index contributed by atoms with van der Waals surface area (Å²) >= 11 is 9.30. The van der Waals surface area contributed by atoms with Crippen LogP contribution < -0.4 is 10.6 Å². The Labute approximate surface area is 230 Å². The van der Waals surface area contributed by atoms with Gasteiger partial charge in [0.1, 0.15) is 18.2 Å². The van der Waals surface area contributed by atoms with Gasteiger partial charge in [-0.3, -0.25) is 9.59 Å². The van der Waals surface area contributed by atoms with Crippen molar-refractivity contribution >= 4 is 56.6 Å². The standard InChI is InChI=1S/C25H13BrClF5N4O3/c26-20-19(22(37)16-2-1-14(28)9-17(16)27)18(7-12-10-36(4-3-33)24(39)35-21(12)20)34-23(38)11-5-13(25(30,31)32)8-15(29)6-11/h1-2,5-9H,4,10H2,(H,34,38)(H,35,39). The summed E-state index contributed by atoms with van der Waals surface area (Å²) in [4.78, 5) is 40.1. The van der Waals surface area contributed by atoms with E-state index in [1.165, 1.54) is 6.07 Å². The van der Waals surface area contributed by atoms with Crippen molar-refractivity contribution in [2.45, 2.75) is 12.7 Å². The van der Waals surface area contributed by atoms with Crippen molar-refractivity contribution in [2.75, 3.05) is 17.2 Å². The summed E-state index contributed by atoms with van der Waals surface area (Å²) in [5, 5.41) is 13.6. The topological polar surface area (TPSA) is 102 Å².